The molecule has 1 heterocycles. The largest absolute Gasteiger partial charge is 0.351 e. The minimum atomic E-state index is -0.297. The number of hydrogen-bond donors (Lipinski definition) is 2. The van der Waals surface area contributed by atoms with Gasteiger partial charge in [-0.25, -0.2) is 9.97 Å². The van der Waals surface area contributed by atoms with E-state index < -0.39 is 0 Å². The Morgan fingerprint density at radius 3 is 2.64 bits per heavy atom. The lowest BCUT2D eigenvalue weighted by Crippen LogP contribution is -2.16. The van der Waals surface area contributed by atoms with Gasteiger partial charge in [0, 0.05) is 17.4 Å². The van der Waals surface area contributed by atoms with Crippen molar-refractivity contribution in [3.8, 4) is 6.07 Å². The summed E-state index contributed by atoms with van der Waals surface area (Å²) in [5, 5.41) is 14.7. The number of rotatable bonds is 4. The number of aromatic nitrogens is 2. The van der Waals surface area contributed by atoms with E-state index in [-0.39, 0.29) is 5.91 Å². The average Bonchev–Trinajstić information content (AvgIpc) is 3.31. The molecule has 22 heavy (non-hydrogen) atoms. The molecule has 1 aromatic carbocycles. The highest BCUT2D eigenvalue weighted by Gasteiger charge is 2.22. The lowest BCUT2D eigenvalue weighted by Gasteiger charge is -2.08. The maximum atomic E-state index is 12.3. The molecule has 0 radical (unpaired) electrons. The van der Waals surface area contributed by atoms with E-state index in [9.17, 15) is 4.79 Å². The number of anilines is 2. The van der Waals surface area contributed by atoms with Crippen molar-refractivity contribution in [3.63, 3.8) is 0 Å². The van der Waals surface area contributed by atoms with Crippen LogP contribution in [0.4, 0.5) is 11.6 Å². The van der Waals surface area contributed by atoms with Crippen LogP contribution in [0.1, 0.15) is 34.6 Å². The lowest BCUT2D eigenvalue weighted by molar-refractivity contribution is 0.102. The van der Waals surface area contributed by atoms with Gasteiger partial charge in [0.15, 0.2) is 0 Å². The number of carbonyl (C=O) groups is 1. The number of nitrogens with zero attached hydrogens (tertiary/aromatic N) is 3. The number of nitriles is 1. The van der Waals surface area contributed by atoms with Gasteiger partial charge in [-0.2, -0.15) is 5.26 Å². The smallest absolute Gasteiger partial charge is 0.274 e. The van der Waals surface area contributed by atoms with Crippen LogP contribution in [0.15, 0.2) is 30.3 Å². The molecule has 0 bridgehead atoms. The fourth-order valence-electron chi connectivity index (χ4n) is 1.98. The zero-order chi connectivity index (χ0) is 15.5. The fourth-order valence-corrected chi connectivity index (χ4v) is 1.98. The molecule has 3 rings (SSSR count). The van der Waals surface area contributed by atoms with Crippen molar-refractivity contribution in [1.82, 2.24) is 9.97 Å². The first-order valence-corrected chi connectivity index (χ1v) is 7.08. The maximum absolute atomic E-state index is 12.3. The Bertz CT molecular complexity index is 744. The van der Waals surface area contributed by atoms with Crippen molar-refractivity contribution in [2.45, 2.75) is 25.8 Å². The highest BCUT2D eigenvalue weighted by Crippen LogP contribution is 2.23. The van der Waals surface area contributed by atoms with Crippen LogP contribution in [0.25, 0.3) is 0 Å². The Morgan fingerprint density at radius 2 is 2.00 bits per heavy atom. The van der Waals surface area contributed by atoms with Gasteiger partial charge in [-0.05, 0) is 50.1 Å². The monoisotopic (exact) mass is 293 g/mol. The van der Waals surface area contributed by atoms with Gasteiger partial charge in [-0.15, -0.1) is 0 Å². The van der Waals surface area contributed by atoms with Crippen molar-refractivity contribution in [1.29, 1.82) is 5.26 Å². The van der Waals surface area contributed by atoms with E-state index in [0.717, 1.165) is 18.5 Å². The van der Waals surface area contributed by atoms with Crippen LogP contribution in [0, 0.1) is 18.3 Å². The molecule has 0 spiro atoms. The van der Waals surface area contributed by atoms with Gasteiger partial charge < -0.3 is 10.6 Å². The molecule has 6 nitrogen and oxygen atoms in total. The Balaban J connectivity index is 1.75. The van der Waals surface area contributed by atoms with Gasteiger partial charge in [0.25, 0.3) is 5.91 Å². The van der Waals surface area contributed by atoms with E-state index in [2.05, 4.69) is 20.6 Å². The summed E-state index contributed by atoms with van der Waals surface area (Å²) in [7, 11) is 0. The van der Waals surface area contributed by atoms with Gasteiger partial charge in [0.2, 0.25) is 5.95 Å². The molecule has 0 saturated heterocycles. The molecule has 2 aromatic rings. The maximum Gasteiger partial charge on any atom is 0.274 e. The van der Waals surface area contributed by atoms with Crippen LogP contribution in [-0.2, 0) is 0 Å². The molecule has 110 valence electrons. The summed E-state index contributed by atoms with van der Waals surface area (Å²) in [5.41, 5.74) is 2.23. The molecule has 2 N–H and O–H groups in total. The van der Waals surface area contributed by atoms with Crippen LogP contribution in [0.2, 0.25) is 0 Å². The minimum Gasteiger partial charge on any atom is -0.351 e. The second-order valence-electron chi connectivity index (χ2n) is 5.28. The first-order chi connectivity index (χ1) is 10.6. The third-order valence-electron chi connectivity index (χ3n) is 3.27. The molecular weight excluding hydrogens is 278 g/mol. The number of hydrogen-bond acceptors (Lipinski definition) is 5. The fraction of sp³-hybridized carbons (Fsp3) is 0.250. The molecule has 1 saturated carbocycles. The number of aryl methyl sites for hydroxylation is 1. The van der Waals surface area contributed by atoms with Crippen LogP contribution in [0.3, 0.4) is 0 Å². The van der Waals surface area contributed by atoms with Gasteiger partial charge in [-0.1, -0.05) is 0 Å². The molecule has 1 aliphatic carbocycles. The lowest BCUT2D eigenvalue weighted by atomic mass is 10.2. The SMILES string of the molecule is Cc1cc(C(=O)Nc2ccc(C#N)cc2)nc(NC2CC2)n1. The molecule has 1 aliphatic rings. The average molecular weight is 293 g/mol. The van der Waals surface area contributed by atoms with Crippen LogP contribution >= 0.6 is 0 Å². The summed E-state index contributed by atoms with van der Waals surface area (Å²) < 4.78 is 0. The predicted molar refractivity (Wildman–Crippen MR) is 82.5 cm³/mol. The first kappa shape index (κ1) is 14.0. The van der Waals surface area contributed by atoms with Crippen LogP contribution in [-0.4, -0.2) is 21.9 Å². The molecule has 1 fully saturated rings. The van der Waals surface area contributed by atoms with E-state index in [1.807, 2.05) is 13.0 Å². The highest BCUT2D eigenvalue weighted by atomic mass is 16.1. The Labute approximate surface area is 128 Å². The number of carbonyl (C=O) groups excluding carboxylic acids is 1. The van der Waals surface area contributed by atoms with E-state index in [1.165, 1.54) is 0 Å². The van der Waals surface area contributed by atoms with Gasteiger partial charge in [-0.3, -0.25) is 4.79 Å². The number of benzene rings is 1. The van der Waals surface area contributed by atoms with E-state index >= 15 is 0 Å². The Morgan fingerprint density at radius 1 is 1.27 bits per heavy atom. The Kier molecular flexibility index (Phi) is 3.71. The second-order valence-corrected chi connectivity index (χ2v) is 5.28. The molecule has 1 amide bonds. The van der Waals surface area contributed by atoms with Crippen molar-refractivity contribution in [2.24, 2.45) is 0 Å². The van der Waals surface area contributed by atoms with E-state index in [0.29, 0.717) is 28.9 Å². The molecule has 6 heteroatoms. The zero-order valence-electron chi connectivity index (χ0n) is 12.1. The normalized spacial score (nSPS) is 13.3. The van der Waals surface area contributed by atoms with Gasteiger partial charge >= 0.3 is 0 Å². The van der Waals surface area contributed by atoms with Crippen LogP contribution in [0.5, 0.6) is 0 Å². The molecule has 0 unspecified atom stereocenters. The van der Waals surface area contributed by atoms with Crippen molar-refractivity contribution >= 4 is 17.5 Å². The summed E-state index contributed by atoms with van der Waals surface area (Å²) in [6.45, 7) is 1.83. The third kappa shape index (κ3) is 3.38. The second kappa shape index (κ2) is 5.82. The molecule has 0 aliphatic heterocycles. The standard InChI is InChI=1S/C16H15N5O/c1-10-8-14(21-16(18-10)20-13-6-7-13)15(22)19-12-4-2-11(9-17)3-5-12/h2-5,8,13H,6-7H2,1H3,(H,19,22)(H,18,20,21). The van der Waals surface area contributed by atoms with E-state index in [1.54, 1.807) is 30.3 Å². The summed E-state index contributed by atoms with van der Waals surface area (Å²) in [6.07, 6.45) is 2.23. The van der Waals surface area contributed by atoms with E-state index in [4.69, 9.17) is 5.26 Å². The highest BCUT2D eigenvalue weighted by molar-refractivity contribution is 6.03. The quantitative estimate of drug-likeness (QED) is 0.903. The van der Waals surface area contributed by atoms with Crippen molar-refractivity contribution in [3.05, 3.63) is 47.3 Å². The third-order valence-corrected chi connectivity index (χ3v) is 3.27. The van der Waals surface area contributed by atoms with Crippen LogP contribution < -0.4 is 10.6 Å². The summed E-state index contributed by atoms with van der Waals surface area (Å²) >= 11 is 0. The number of nitrogens with one attached hydrogen (secondary N) is 2. The van der Waals surface area contributed by atoms with Crippen molar-refractivity contribution < 1.29 is 4.79 Å². The number of amides is 1. The summed E-state index contributed by atoms with van der Waals surface area (Å²) in [5.74, 6) is 0.196. The minimum absolute atomic E-state index is 0.297. The van der Waals surface area contributed by atoms with Crippen molar-refractivity contribution in [2.75, 3.05) is 10.6 Å². The first-order valence-electron chi connectivity index (χ1n) is 7.08. The molecule has 0 atom stereocenters. The van der Waals surface area contributed by atoms with Gasteiger partial charge in [0.05, 0.1) is 11.6 Å². The predicted octanol–water partition coefficient (Wildman–Crippen LogP) is 2.48. The zero-order valence-corrected chi connectivity index (χ0v) is 12.1. The molecular formula is C16H15N5O. The topological polar surface area (TPSA) is 90.7 Å². The summed E-state index contributed by atoms with van der Waals surface area (Å²) in [6, 6.07) is 10.8. The van der Waals surface area contributed by atoms with Gasteiger partial charge in [0.1, 0.15) is 5.69 Å². The summed E-state index contributed by atoms with van der Waals surface area (Å²) in [4.78, 5) is 20.8. The molecule has 1 aromatic heterocycles. The Hall–Kier alpha value is -2.94.